The number of esters is 1. The highest BCUT2D eigenvalue weighted by Crippen LogP contribution is 2.43. The first-order valence-corrected chi connectivity index (χ1v) is 12.4. The Balaban J connectivity index is 1.88. The first-order chi connectivity index (χ1) is 18.5. The van der Waals surface area contributed by atoms with Crippen molar-refractivity contribution in [2.75, 3.05) is 19.1 Å². The molecule has 0 saturated carbocycles. The number of benzene rings is 3. The number of ether oxygens (including phenoxy) is 2. The Morgan fingerprint density at radius 3 is 2.15 bits per heavy atom. The number of amides is 1. The minimum Gasteiger partial charge on any atom is -0.508 e. The normalized spacial score (nSPS) is 16.8. The number of aliphatic hydroxyl groups is 1. The summed E-state index contributed by atoms with van der Waals surface area (Å²) in [6, 6.07) is 16.9. The fourth-order valence-corrected chi connectivity index (χ4v) is 4.68. The van der Waals surface area contributed by atoms with Gasteiger partial charge in [-0.05, 0) is 59.0 Å². The Morgan fingerprint density at radius 2 is 1.59 bits per heavy atom. The highest BCUT2D eigenvalue weighted by Gasteiger charge is 2.47. The van der Waals surface area contributed by atoms with E-state index in [9.17, 15) is 24.6 Å². The van der Waals surface area contributed by atoms with E-state index in [1.165, 1.54) is 24.1 Å². The molecule has 39 heavy (non-hydrogen) atoms. The first kappa shape index (κ1) is 27.4. The number of hydrogen-bond donors (Lipinski definition) is 2. The van der Waals surface area contributed by atoms with Crippen molar-refractivity contribution in [2.24, 2.45) is 0 Å². The van der Waals surface area contributed by atoms with Crippen LogP contribution in [0.2, 0.25) is 0 Å². The lowest BCUT2D eigenvalue weighted by molar-refractivity contribution is -0.139. The van der Waals surface area contributed by atoms with Crippen LogP contribution in [0.1, 0.15) is 49.1 Å². The van der Waals surface area contributed by atoms with Gasteiger partial charge >= 0.3 is 5.97 Å². The van der Waals surface area contributed by atoms with Gasteiger partial charge in [-0.1, -0.05) is 45.0 Å². The number of aliphatic hydroxyl groups excluding tert-OH is 1. The molecule has 1 heterocycles. The summed E-state index contributed by atoms with van der Waals surface area (Å²) in [4.78, 5) is 39.9. The molecule has 1 unspecified atom stereocenters. The van der Waals surface area contributed by atoms with E-state index >= 15 is 0 Å². The molecule has 1 amide bonds. The van der Waals surface area contributed by atoms with Gasteiger partial charge in [0.15, 0.2) is 0 Å². The quantitative estimate of drug-likeness (QED) is 0.199. The number of methoxy groups -OCH3 is 2. The van der Waals surface area contributed by atoms with Gasteiger partial charge in [0.05, 0.1) is 32.3 Å². The summed E-state index contributed by atoms with van der Waals surface area (Å²) < 4.78 is 10.2. The molecule has 0 spiro atoms. The van der Waals surface area contributed by atoms with E-state index in [1.54, 1.807) is 61.7 Å². The average Bonchev–Trinajstić information content (AvgIpc) is 3.18. The van der Waals surface area contributed by atoms with Gasteiger partial charge in [-0.2, -0.15) is 0 Å². The summed E-state index contributed by atoms with van der Waals surface area (Å²) in [5.41, 5.74) is 2.41. The molecule has 1 aliphatic heterocycles. The molecule has 2 N–H and O–H groups in total. The van der Waals surface area contributed by atoms with Crippen molar-refractivity contribution in [1.82, 2.24) is 0 Å². The van der Waals surface area contributed by atoms with Crippen LogP contribution < -0.4 is 9.64 Å². The van der Waals surface area contributed by atoms with Crippen LogP contribution in [-0.4, -0.2) is 42.1 Å². The van der Waals surface area contributed by atoms with Crippen molar-refractivity contribution in [3.05, 3.63) is 94.6 Å². The van der Waals surface area contributed by atoms with Crippen LogP contribution in [0, 0.1) is 0 Å². The second-order valence-corrected chi connectivity index (χ2v) is 10.3. The predicted octanol–water partition coefficient (Wildman–Crippen LogP) is 5.04. The van der Waals surface area contributed by atoms with Crippen molar-refractivity contribution in [3.63, 3.8) is 0 Å². The zero-order valence-corrected chi connectivity index (χ0v) is 22.5. The second-order valence-electron chi connectivity index (χ2n) is 10.3. The van der Waals surface area contributed by atoms with Crippen LogP contribution in [-0.2, 0) is 31.0 Å². The number of phenolic OH excluding ortho intramolecular Hbond substituents is 1. The van der Waals surface area contributed by atoms with Crippen molar-refractivity contribution < 1.29 is 34.1 Å². The summed E-state index contributed by atoms with van der Waals surface area (Å²) >= 11 is 0. The zero-order chi connectivity index (χ0) is 28.5. The van der Waals surface area contributed by atoms with Gasteiger partial charge in [-0.3, -0.25) is 19.3 Å². The topological polar surface area (TPSA) is 113 Å². The maximum absolute atomic E-state index is 13.5. The Labute approximate surface area is 227 Å². The van der Waals surface area contributed by atoms with Crippen LogP contribution in [0.4, 0.5) is 5.69 Å². The third-order valence-electron chi connectivity index (χ3n) is 6.72. The SMILES string of the molecule is COC(=O)Cc1ccc(N2C(=O)C(=O)/C(=C(\O)c3ccc(OC)c(C(C)(C)C)c3)C2c2ccc(O)cc2)cc1. The molecule has 3 aromatic carbocycles. The Hall–Kier alpha value is -4.59. The monoisotopic (exact) mass is 529 g/mol. The predicted molar refractivity (Wildman–Crippen MR) is 147 cm³/mol. The van der Waals surface area contributed by atoms with Crippen LogP contribution in [0.25, 0.3) is 5.76 Å². The number of nitrogens with zero attached hydrogens (tertiary/aromatic N) is 1. The number of rotatable bonds is 6. The van der Waals surface area contributed by atoms with Crippen LogP contribution in [0.15, 0.2) is 72.3 Å². The number of anilines is 1. The number of phenols is 1. The molecule has 8 nitrogen and oxygen atoms in total. The van der Waals surface area contributed by atoms with E-state index in [-0.39, 0.29) is 28.9 Å². The molecule has 1 aliphatic rings. The lowest BCUT2D eigenvalue weighted by Gasteiger charge is -2.26. The van der Waals surface area contributed by atoms with Gasteiger partial charge in [0.1, 0.15) is 17.3 Å². The van der Waals surface area contributed by atoms with Crippen LogP contribution >= 0.6 is 0 Å². The van der Waals surface area contributed by atoms with Gasteiger partial charge in [0, 0.05) is 16.8 Å². The van der Waals surface area contributed by atoms with E-state index in [1.807, 2.05) is 20.8 Å². The lowest BCUT2D eigenvalue weighted by Crippen LogP contribution is -2.29. The van der Waals surface area contributed by atoms with Gasteiger partial charge < -0.3 is 19.7 Å². The molecule has 0 aliphatic carbocycles. The highest BCUT2D eigenvalue weighted by atomic mass is 16.5. The van der Waals surface area contributed by atoms with Gasteiger partial charge in [-0.25, -0.2) is 0 Å². The van der Waals surface area contributed by atoms with Crippen molar-refractivity contribution >= 4 is 29.1 Å². The van der Waals surface area contributed by atoms with E-state index < -0.39 is 23.7 Å². The molecule has 1 saturated heterocycles. The summed E-state index contributed by atoms with van der Waals surface area (Å²) in [5.74, 6) is -1.70. The first-order valence-electron chi connectivity index (χ1n) is 12.4. The van der Waals surface area contributed by atoms with Crippen LogP contribution in [0.5, 0.6) is 11.5 Å². The molecular weight excluding hydrogens is 498 g/mol. The number of carbonyl (C=O) groups excluding carboxylic acids is 3. The smallest absolute Gasteiger partial charge is 0.309 e. The molecule has 0 bridgehead atoms. The number of aromatic hydroxyl groups is 1. The van der Waals surface area contributed by atoms with Crippen molar-refractivity contribution in [2.45, 2.75) is 38.6 Å². The summed E-state index contributed by atoms with van der Waals surface area (Å²) in [6.45, 7) is 6.02. The van der Waals surface area contributed by atoms with E-state index in [4.69, 9.17) is 9.47 Å². The van der Waals surface area contributed by atoms with Gasteiger partial charge in [0.2, 0.25) is 0 Å². The lowest BCUT2D eigenvalue weighted by atomic mass is 9.84. The zero-order valence-electron chi connectivity index (χ0n) is 22.5. The Bertz CT molecular complexity index is 1450. The minimum atomic E-state index is -0.961. The third-order valence-corrected chi connectivity index (χ3v) is 6.72. The summed E-state index contributed by atoms with van der Waals surface area (Å²) in [5, 5.41) is 21.4. The molecule has 4 rings (SSSR count). The summed E-state index contributed by atoms with van der Waals surface area (Å²) in [7, 11) is 2.87. The van der Waals surface area contributed by atoms with E-state index in [0.29, 0.717) is 28.1 Å². The molecular formula is C31H31NO7. The molecule has 3 aromatic rings. The Kier molecular flexibility index (Phi) is 7.49. The second kappa shape index (κ2) is 10.6. The van der Waals surface area contributed by atoms with Crippen LogP contribution in [0.3, 0.4) is 0 Å². The number of hydrogen-bond acceptors (Lipinski definition) is 7. The average molecular weight is 530 g/mol. The standard InChI is InChI=1S/C31H31NO7/c1-31(2,3)23-17-20(10-15-24(23)38-4)28(35)26-27(19-8-13-22(33)14-9-19)32(30(37)29(26)36)21-11-6-18(7-12-21)16-25(34)39-5/h6-15,17,27,33,35H,16H2,1-5H3/b28-26-. The van der Waals surface area contributed by atoms with Crippen molar-refractivity contribution in [1.29, 1.82) is 0 Å². The number of ketones is 1. The minimum absolute atomic E-state index is 0.0211. The van der Waals surface area contributed by atoms with Gasteiger partial charge in [-0.15, -0.1) is 0 Å². The Morgan fingerprint density at radius 1 is 0.949 bits per heavy atom. The van der Waals surface area contributed by atoms with E-state index in [0.717, 1.165) is 5.56 Å². The van der Waals surface area contributed by atoms with Crippen molar-refractivity contribution in [3.8, 4) is 11.5 Å². The molecule has 0 radical (unpaired) electrons. The molecule has 202 valence electrons. The third kappa shape index (κ3) is 5.36. The summed E-state index contributed by atoms with van der Waals surface area (Å²) in [6.07, 6.45) is 0.0601. The highest BCUT2D eigenvalue weighted by molar-refractivity contribution is 6.51. The number of carbonyl (C=O) groups is 3. The fraction of sp³-hybridized carbons (Fsp3) is 0.258. The molecule has 1 fully saturated rings. The molecule has 1 atom stereocenters. The maximum Gasteiger partial charge on any atom is 0.309 e. The van der Waals surface area contributed by atoms with Gasteiger partial charge in [0.25, 0.3) is 11.7 Å². The maximum atomic E-state index is 13.5. The van der Waals surface area contributed by atoms with E-state index in [2.05, 4.69) is 0 Å². The molecule has 8 heteroatoms. The molecule has 0 aromatic heterocycles. The largest absolute Gasteiger partial charge is 0.508 e. The fourth-order valence-electron chi connectivity index (χ4n) is 4.68. The number of Topliss-reactive ketones (excluding diaryl/α,β-unsaturated/α-hetero) is 1.